The number of halogens is 1. The number of carbonyl (C=O) groups excluding carboxylic acids is 2. The Balaban J connectivity index is 2.30. The monoisotopic (exact) mass is 281 g/mol. The molecule has 0 radical (unpaired) electrons. The van der Waals surface area contributed by atoms with Gasteiger partial charge in [0.15, 0.2) is 0 Å². The van der Waals surface area contributed by atoms with Crippen LogP contribution in [0, 0.1) is 5.82 Å². The van der Waals surface area contributed by atoms with Gasteiger partial charge in [0.25, 0.3) is 0 Å². The Hall–Kier alpha value is -1.98. The number of carbonyl (C=O) groups is 2. The predicted molar refractivity (Wildman–Crippen MR) is 74.6 cm³/mol. The molecule has 0 aliphatic rings. The third kappa shape index (κ3) is 5.34. The Morgan fingerprint density at radius 1 is 1.25 bits per heavy atom. The zero-order valence-electron chi connectivity index (χ0n) is 11.9. The van der Waals surface area contributed by atoms with Crippen molar-refractivity contribution in [2.45, 2.75) is 33.1 Å². The summed E-state index contributed by atoms with van der Waals surface area (Å²) in [5, 5.41) is 2.56. The number of hydrogen-bond acceptors (Lipinski definition) is 3. The summed E-state index contributed by atoms with van der Waals surface area (Å²) in [6.45, 7) is 5.21. The third-order valence-electron chi connectivity index (χ3n) is 2.91. The van der Waals surface area contributed by atoms with Crippen LogP contribution in [0.3, 0.4) is 0 Å². The first-order valence-electron chi connectivity index (χ1n) is 6.76. The van der Waals surface area contributed by atoms with Gasteiger partial charge in [0, 0.05) is 25.9 Å². The van der Waals surface area contributed by atoms with E-state index in [0.29, 0.717) is 31.7 Å². The van der Waals surface area contributed by atoms with E-state index in [1.165, 1.54) is 12.1 Å². The van der Waals surface area contributed by atoms with Crippen molar-refractivity contribution in [3.63, 3.8) is 0 Å². The molecule has 5 nitrogen and oxygen atoms in total. The summed E-state index contributed by atoms with van der Waals surface area (Å²) in [6.07, 6.45) is 2.12. The molecule has 0 aliphatic carbocycles. The lowest BCUT2D eigenvalue weighted by atomic mass is 10.2. The molecule has 0 atom stereocenters. The van der Waals surface area contributed by atoms with Gasteiger partial charge in [0.05, 0.1) is 6.20 Å². The molecule has 0 spiro atoms. The summed E-state index contributed by atoms with van der Waals surface area (Å²) in [6, 6.07) is 2.63. The molecular formula is C14H20FN3O2. The fourth-order valence-electron chi connectivity index (χ4n) is 1.79. The van der Waals surface area contributed by atoms with Gasteiger partial charge in [-0.1, -0.05) is 0 Å². The first-order valence-corrected chi connectivity index (χ1v) is 6.76. The molecule has 6 heteroatoms. The lowest BCUT2D eigenvalue weighted by molar-refractivity contribution is -0.130. The summed E-state index contributed by atoms with van der Waals surface area (Å²) in [5.74, 6) is -0.307. The largest absolute Gasteiger partial charge is 0.343 e. The van der Waals surface area contributed by atoms with Crippen molar-refractivity contribution in [2.75, 3.05) is 18.4 Å². The highest BCUT2D eigenvalue weighted by atomic mass is 19.1. The molecule has 0 bridgehead atoms. The molecule has 110 valence electrons. The van der Waals surface area contributed by atoms with Crippen molar-refractivity contribution < 1.29 is 14.0 Å². The quantitative estimate of drug-likeness (QED) is 0.833. The van der Waals surface area contributed by atoms with Gasteiger partial charge >= 0.3 is 0 Å². The molecule has 1 heterocycles. The molecule has 0 saturated carbocycles. The van der Waals surface area contributed by atoms with E-state index in [-0.39, 0.29) is 18.2 Å². The molecule has 0 aromatic carbocycles. The van der Waals surface area contributed by atoms with Gasteiger partial charge in [-0.05, 0) is 32.4 Å². The van der Waals surface area contributed by atoms with Crippen LogP contribution in [0.15, 0.2) is 18.3 Å². The minimum Gasteiger partial charge on any atom is -0.343 e. The molecule has 0 aliphatic heterocycles. The average molecular weight is 281 g/mol. The Kier molecular flexibility index (Phi) is 6.63. The van der Waals surface area contributed by atoms with Crippen LogP contribution in [-0.2, 0) is 9.59 Å². The number of pyridine rings is 1. The second-order valence-electron chi connectivity index (χ2n) is 4.33. The highest BCUT2D eigenvalue weighted by Gasteiger charge is 2.10. The van der Waals surface area contributed by atoms with Crippen molar-refractivity contribution in [3.05, 3.63) is 24.1 Å². The van der Waals surface area contributed by atoms with Gasteiger partial charge in [-0.2, -0.15) is 0 Å². The lowest BCUT2D eigenvalue weighted by Crippen LogP contribution is -2.30. The minimum absolute atomic E-state index is 0.0581. The van der Waals surface area contributed by atoms with Crippen LogP contribution in [-0.4, -0.2) is 34.8 Å². The van der Waals surface area contributed by atoms with Crippen LogP contribution in [0.5, 0.6) is 0 Å². The van der Waals surface area contributed by atoms with Crippen molar-refractivity contribution >= 4 is 17.6 Å². The number of amides is 2. The van der Waals surface area contributed by atoms with Crippen LogP contribution in [0.2, 0.25) is 0 Å². The molecule has 20 heavy (non-hydrogen) atoms. The van der Waals surface area contributed by atoms with Gasteiger partial charge < -0.3 is 10.2 Å². The molecular weight excluding hydrogens is 261 g/mol. The highest BCUT2D eigenvalue weighted by molar-refractivity contribution is 5.90. The molecule has 1 aromatic heterocycles. The molecule has 1 N–H and O–H groups in total. The Morgan fingerprint density at radius 3 is 2.50 bits per heavy atom. The summed E-state index contributed by atoms with van der Waals surface area (Å²) in [5.41, 5.74) is 0. The van der Waals surface area contributed by atoms with Crippen molar-refractivity contribution in [2.24, 2.45) is 0 Å². The number of hydrogen-bond donors (Lipinski definition) is 1. The van der Waals surface area contributed by atoms with Gasteiger partial charge in [0.1, 0.15) is 11.6 Å². The summed E-state index contributed by atoms with van der Waals surface area (Å²) < 4.78 is 12.6. The van der Waals surface area contributed by atoms with Crippen molar-refractivity contribution in [1.29, 1.82) is 0 Å². The molecule has 1 aromatic rings. The Bertz CT molecular complexity index is 444. The van der Waals surface area contributed by atoms with E-state index >= 15 is 0 Å². The normalized spacial score (nSPS) is 10.2. The van der Waals surface area contributed by atoms with Crippen molar-refractivity contribution in [3.8, 4) is 0 Å². The van der Waals surface area contributed by atoms with E-state index < -0.39 is 5.82 Å². The van der Waals surface area contributed by atoms with E-state index in [4.69, 9.17) is 0 Å². The van der Waals surface area contributed by atoms with E-state index in [1.807, 2.05) is 13.8 Å². The number of aromatic nitrogens is 1. The summed E-state index contributed by atoms with van der Waals surface area (Å²) >= 11 is 0. The topological polar surface area (TPSA) is 62.3 Å². The average Bonchev–Trinajstić information content (AvgIpc) is 2.43. The maximum Gasteiger partial charge on any atom is 0.225 e. The maximum absolute atomic E-state index is 12.6. The van der Waals surface area contributed by atoms with Crippen LogP contribution < -0.4 is 5.32 Å². The van der Waals surface area contributed by atoms with E-state index in [2.05, 4.69) is 10.3 Å². The zero-order valence-corrected chi connectivity index (χ0v) is 11.9. The van der Waals surface area contributed by atoms with Gasteiger partial charge in [-0.3, -0.25) is 9.59 Å². The molecule has 0 unspecified atom stereocenters. The summed E-state index contributed by atoms with van der Waals surface area (Å²) in [4.78, 5) is 28.8. The van der Waals surface area contributed by atoms with E-state index in [9.17, 15) is 14.0 Å². The number of rotatable bonds is 7. The lowest BCUT2D eigenvalue weighted by Gasteiger charge is -2.18. The number of nitrogens with zero attached hydrogens (tertiary/aromatic N) is 2. The molecule has 1 rings (SSSR count). The second-order valence-corrected chi connectivity index (χ2v) is 4.33. The number of anilines is 1. The van der Waals surface area contributed by atoms with Crippen LogP contribution in [0.1, 0.15) is 33.1 Å². The standard InChI is InChI=1S/C14H20FN3O2/c1-3-18(4-2)14(20)7-5-6-13(19)17-12-9-8-11(15)10-16-12/h8-10H,3-7H2,1-2H3,(H,16,17,19). The first kappa shape index (κ1) is 16.1. The SMILES string of the molecule is CCN(CC)C(=O)CCCC(=O)Nc1ccc(F)cn1. The van der Waals surface area contributed by atoms with Crippen LogP contribution in [0.4, 0.5) is 10.2 Å². The summed E-state index contributed by atoms with van der Waals surface area (Å²) in [7, 11) is 0. The van der Waals surface area contributed by atoms with Gasteiger partial charge in [0.2, 0.25) is 11.8 Å². The Morgan fingerprint density at radius 2 is 1.95 bits per heavy atom. The van der Waals surface area contributed by atoms with Crippen LogP contribution in [0.25, 0.3) is 0 Å². The maximum atomic E-state index is 12.6. The van der Waals surface area contributed by atoms with E-state index in [0.717, 1.165) is 6.20 Å². The van der Waals surface area contributed by atoms with Crippen LogP contribution >= 0.6 is 0 Å². The third-order valence-corrected chi connectivity index (χ3v) is 2.91. The Labute approximate surface area is 118 Å². The fraction of sp³-hybridized carbons (Fsp3) is 0.500. The first-order chi connectivity index (χ1) is 9.56. The predicted octanol–water partition coefficient (Wildman–Crippen LogP) is 2.20. The minimum atomic E-state index is -0.451. The fourth-order valence-corrected chi connectivity index (χ4v) is 1.79. The highest BCUT2D eigenvalue weighted by Crippen LogP contribution is 2.06. The second kappa shape index (κ2) is 8.24. The van der Waals surface area contributed by atoms with Gasteiger partial charge in [-0.15, -0.1) is 0 Å². The zero-order chi connectivity index (χ0) is 15.0. The molecule has 0 saturated heterocycles. The number of nitrogens with one attached hydrogen (secondary N) is 1. The molecule has 2 amide bonds. The van der Waals surface area contributed by atoms with Gasteiger partial charge in [-0.25, -0.2) is 9.37 Å². The van der Waals surface area contributed by atoms with Crippen molar-refractivity contribution in [1.82, 2.24) is 9.88 Å². The molecule has 0 fully saturated rings. The smallest absolute Gasteiger partial charge is 0.225 e. The van der Waals surface area contributed by atoms with E-state index in [1.54, 1.807) is 4.90 Å².